The van der Waals surface area contributed by atoms with E-state index in [1.807, 2.05) is 0 Å². The summed E-state index contributed by atoms with van der Waals surface area (Å²) in [6.07, 6.45) is 0. The van der Waals surface area contributed by atoms with Crippen LogP contribution < -0.4 is 15.7 Å². The van der Waals surface area contributed by atoms with E-state index < -0.39 is 5.63 Å². The number of benzene rings is 1. The van der Waals surface area contributed by atoms with Crippen molar-refractivity contribution in [2.24, 2.45) is 0 Å². The Balaban J connectivity index is 1.65. The van der Waals surface area contributed by atoms with Gasteiger partial charge in [0.25, 0.3) is 5.91 Å². The average molecular weight is 317 g/mol. The zero-order valence-electron chi connectivity index (χ0n) is 11.5. The molecule has 1 N–H and O–H groups in total. The summed E-state index contributed by atoms with van der Waals surface area (Å²) in [4.78, 5) is 22.9. The molecule has 0 unspecified atom stereocenters. The Labute approximate surface area is 128 Å². The van der Waals surface area contributed by atoms with E-state index in [2.05, 4.69) is 15.5 Å². The Morgan fingerprint density at radius 3 is 2.91 bits per heavy atom. The lowest BCUT2D eigenvalue weighted by atomic mass is 10.2. The van der Waals surface area contributed by atoms with Crippen molar-refractivity contribution in [3.05, 3.63) is 45.8 Å². The van der Waals surface area contributed by atoms with Crippen LogP contribution in [0, 0.1) is 6.92 Å². The molecular weight excluding hydrogens is 306 g/mol. The first kappa shape index (κ1) is 14.2. The minimum absolute atomic E-state index is 0.179. The molecule has 8 heteroatoms. The highest BCUT2D eigenvalue weighted by Gasteiger charge is 2.08. The van der Waals surface area contributed by atoms with Crippen molar-refractivity contribution < 1.29 is 13.9 Å². The molecule has 112 valence electrons. The molecule has 0 radical (unpaired) electrons. The maximum atomic E-state index is 11.7. The van der Waals surface area contributed by atoms with Crippen LogP contribution in [0.1, 0.15) is 5.01 Å². The molecule has 2 heterocycles. The largest absolute Gasteiger partial charge is 0.484 e. The van der Waals surface area contributed by atoms with Crippen LogP contribution in [0.5, 0.6) is 5.75 Å². The quantitative estimate of drug-likeness (QED) is 0.739. The molecule has 1 aromatic carbocycles. The number of hydrogen-bond donors (Lipinski definition) is 1. The first-order valence-electron chi connectivity index (χ1n) is 6.37. The number of ether oxygens (including phenoxy) is 1. The minimum Gasteiger partial charge on any atom is -0.484 e. The number of hydrogen-bond acceptors (Lipinski definition) is 7. The van der Waals surface area contributed by atoms with Crippen molar-refractivity contribution in [2.75, 3.05) is 11.9 Å². The Hall–Kier alpha value is -2.74. The van der Waals surface area contributed by atoms with Crippen molar-refractivity contribution in [2.45, 2.75) is 6.92 Å². The summed E-state index contributed by atoms with van der Waals surface area (Å²) in [6, 6.07) is 8.03. The fourth-order valence-corrected chi connectivity index (χ4v) is 2.39. The van der Waals surface area contributed by atoms with Gasteiger partial charge in [-0.15, -0.1) is 10.2 Å². The molecule has 0 spiro atoms. The van der Waals surface area contributed by atoms with Gasteiger partial charge in [-0.2, -0.15) is 0 Å². The van der Waals surface area contributed by atoms with E-state index in [-0.39, 0.29) is 12.5 Å². The number of fused-ring (bicyclic) bond motifs is 1. The maximum absolute atomic E-state index is 11.7. The molecule has 3 aromatic rings. The van der Waals surface area contributed by atoms with Gasteiger partial charge in [0.2, 0.25) is 5.13 Å². The lowest BCUT2D eigenvalue weighted by molar-refractivity contribution is -0.118. The normalized spacial score (nSPS) is 10.6. The van der Waals surface area contributed by atoms with Crippen LogP contribution in [-0.4, -0.2) is 22.7 Å². The minimum atomic E-state index is -0.436. The summed E-state index contributed by atoms with van der Waals surface area (Å²) in [5, 5.41) is 12.2. The van der Waals surface area contributed by atoms with Crippen molar-refractivity contribution in [3.8, 4) is 5.75 Å². The smallest absolute Gasteiger partial charge is 0.336 e. The number of nitrogens with zero attached hydrogens (tertiary/aromatic N) is 2. The lowest BCUT2D eigenvalue weighted by Gasteiger charge is -2.06. The molecule has 0 aliphatic heterocycles. The van der Waals surface area contributed by atoms with Crippen LogP contribution in [0.2, 0.25) is 0 Å². The van der Waals surface area contributed by atoms with Crippen molar-refractivity contribution in [1.29, 1.82) is 0 Å². The van der Waals surface area contributed by atoms with Gasteiger partial charge in [0.05, 0.1) is 0 Å². The van der Waals surface area contributed by atoms with Gasteiger partial charge in [0.1, 0.15) is 16.3 Å². The van der Waals surface area contributed by atoms with Crippen LogP contribution in [0.4, 0.5) is 5.13 Å². The van der Waals surface area contributed by atoms with Crippen LogP contribution >= 0.6 is 11.3 Å². The first-order chi connectivity index (χ1) is 10.6. The van der Waals surface area contributed by atoms with Gasteiger partial charge in [-0.1, -0.05) is 11.3 Å². The highest BCUT2D eigenvalue weighted by molar-refractivity contribution is 7.15. The van der Waals surface area contributed by atoms with Gasteiger partial charge in [0.15, 0.2) is 6.61 Å². The zero-order chi connectivity index (χ0) is 15.5. The molecule has 0 fully saturated rings. The molecule has 0 bridgehead atoms. The van der Waals surface area contributed by atoms with E-state index >= 15 is 0 Å². The lowest BCUT2D eigenvalue weighted by Crippen LogP contribution is -2.20. The average Bonchev–Trinajstić information content (AvgIpc) is 2.89. The standard InChI is InChI=1S/C14H11N3O4S/c1-8-16-17-14(22-8)15-12(18)7-20-10-4-2-9-3-5-13(19)21-11(9)6-10/h2-6H,7H2,1H3,(H,15,17,18). The van der Waals surface area contributed by atoms with Crippen molar-refractivity contribution in [1.82, 2.24) is 10.2 Å². The number of aryl methyl sites for hydroxylation is 1. The van der Waals surface area contributed by atoms with Gasteiger partial charge in [-0.05, 0) is 25.1 Å². The van der Waals surface area contributed by atoms with E-state index in [4.69, 9.17) is 9.15 Å². The highest BCUT2D eigenvalue weighted by Crippen LogP contribution is 2.19. The second kappa shape index (κ2) is 5.94. The van der Waals surface area contributed by atoms with E-state index in [1.54, 1.807) is 31.2 Å². The molecule has 7 nitrogen and oxygen atoms in total. The van der Waals surface area contributed by atoms with Crippen LogP contribution in [0.25, 0.3) is 11.0 Å². The second-order valence-electron chi connectivity index (χ2n) is 4.42. The molecule has 2 aromatic heterocycles. The van der Waals surface area contributed by atoms with E-state index in [0.717, 1.165) is 10.4 Å². The Morgan fingerprint density at radius 2 is 2.14 bits per heavy atom. The Kier molecular flexibility index (Phi) is 3.84. The van der Waals surface area contributed by atoms with Crippen molar-refractivity contribution >= 4 is 33.3 Å². The fourth-order valence-electron chi connectivity index (χ4n) is 1.78. The molecule has 1 amide bonds. The summed E-state index contributed by atoms with van der Waals surface area (Å²) in [6.45, 7) is 1.62. The number of carbonyl (C=O) groups excluding carboxylic acids is 1. The predicted molar refractivity (Wildman–Crippen MR) is 81.3 cm³/mol. The van der Waals surface area contributed by atoms with Gasteiger partial charge in [-0.3, -0.25) is 10.1 Å². The monoisotopic (exact) mass is 317 g/mol. The summed E-state index contributed by atoms with van der Waals surface area (Å²) in [5.41, 5.74) is -0.0285. The molecule has 0 saturated carbocycles. The Bertz CT molecular complexity index is 887. The second-order valence-corrected chi connectivity index (χ2v) is 5.60. The van der Waals surface area contributed by atoms with Crippen molar-refractivity contribution in [3.63, 3.8) is 0 Å². The number of aromatic nitrogens is 2. The topological polar surface area (TPSA) is 94.3 Å². The van der Waals surface area contributed by atoms with Gasteiger partial charge in [-0.25, -0.2) is 4.79 Å². The van der Waals surface area contributed by atoms with Gasteiger partial charge >= 0.3 is 5.63 Å². The predicted octanol–water partition coefficient (Wildman–Crippen LogP) is 1.97. The summed E-state index contributed by atoms with van der Waals surface area (Å²) >= 11 is 1.28. The van der Waals surface area contributed by atoms with Gasteiger partial charge < -0.3 is 9.15 Å². The SMILES string of the molecule is Cc1nnc(NC(=O)COc2ccc3ccc(=O)oc3c2)s1. The number of carbonyl (C=O) groups is 1. The number of amides is 1. The third-order valence-electron chi connectivity index (χ3n) is 2.74. The van der Waals surface area contributed by atoms with E-state index in [0.29, 0.717) is 16.5 Å². The third-order valence-corrected chi connectivity index (χ3v) is 3.49. The van der Waals surface area contributed by atoms with E-state index in [1.165, 1.54) is 17.4 Å². The Morgan fingerprint density at radius 1 is 1.32 bits per heavy atom. The summed E-state index contributed by atoms with van der Waals surface area (Å²) in [5.74, 6) is 0.0937. The molecule has 0 saturated heterocycles. The molecule has 0 aliphatic carbocycles. The van der Waals surface area contributed by atoms with Crippen LogP contribution in [0.3, 0.4) is 0 Å². The zero-order valence-corrected chi connectivity index (χ0v) is 12.3. The summed E-state index contributed by atoms with van der Waals surface area (Å²) in [7, 11) is 0. The number of nitrogens with one attached hydrogen (secondary N) is 1. The number of rotatable bonds is 4. The maximum Gasteiger partial charge on any atom is 0.336 e. The molecule has 0 aliphatic rings. The third kappa shape index (κ3) is 3.29. The number of anilines is 1. The van der Waals surface area contributed by atoms with Crippen LogP contribution in [-0.2, 0) is 4.79 Å². The molecule has 22 heavy (non-hydrogen) atoms. The van der Waals surface area contributed by atoms with Gasteiger partial charge in [0, 0.05) is 17.5 Å². The fraction of sp³-hybridized carbons (Fsp3) is 0.143. The molecular formula is C14H11N3O4S. The highest BCUT2D eigenvalue weighted by atomic mass is 32.1. The summed E-state index contributed by atoms with van der Waals surface area (Å²) < 4.78 is 10.4. The van der Waals surface area contributed by atoms with E-state index in [9.17, 15) is 9.59 Å². The molecule has 0 atom stereocenters. The molecule has 3 rings (SSSR count). The van der Waals surface area contributed by atoms with Crippen LogP contribution in [0.15, 0.2) is 39.5 Å². The first-order valence-corrected chi connectivity index (χ1v) is 7.18.